The van der Waals surface area contributed by atoms with Gasteiger partial charge in [-0.15, -0.1) is 0 Å². The lowest BCUT2D eigenvalue weighted by atomic mass is 10.2. The molecule has 0 radical (unpaired) electrons. The normalized spacial score (nSPS) is 13.5. The molecule has 0 atom stereocenters. The number of nitrogens with zero attached hydrogens (tertiary/aromatic N) is 2. The number of hydrogen-bond acceptors (Lipinski definition) is 4. The molecule has 3 aromatic rings. The van der Waals surface area contributed by atoms with Gasteiger partial charge in [0.15, 0.2) is 28.4 Å². The van der Waals surface area contributed by atoms with Gasteiger partial charge in [0.1, 0.15) is 11.5 Å². The van der Waals surface area contributed by atoms with Gasteiger partial charge in [-0.1, -0.05) is 17.7 Å². The number of amides is 1. The highest BCUT2D eigenvalue weighted by atomic mass is 35.5. The number of thiocarbonyl (C=S) groups is 1. The second kappa shape index (κ2) is 10.9. The van der Waals surface area contributed by atoms with Crippen LogP contribution in [0.5, 0.6) is 0 Å². The molecule has 1 aliphatic rings. The van der Waals surface area contributed by atoms with E-state index in [1.165, 1.54) is 24.3 Å². The first kappa shape index (κ1) is 26.6. The van der Waals surface area contributed by atoms with E-state index in [9.17, 15) is 31.1 Å². The molecule has 37 heavy (non-hydrogen) atoms. The fraction of sp³-hybridized carbons (Fsp3) is 0.167. The van der Waals surface area contributed by atoms with Crippen molar-refractivity contribution in [3.8, 4) is 0 Å². The molecule has 13 heteroatoms. The topological polar surface area (TPSA) is 47.6 Å². The summed E-state index contributed by atoms with van der Waals surface area (Å²) in [6, 6.07) is 9.90. The molecule has 0 aromatic heterocycles. The highest BCUT2D eigenvalue weighted by Gasteiger charge is 2.31. The average molecular weight is 559 g/mol. The second-order valence-electron chi connectivity index (χ2n) is 7.98. The van der Waals surface area contributed by atoms with E-state index >= 15 is 0 Å². The van der Waals surface area contributed by atoms with Crippen molar-refractivity contribution in [2.24, 2.45) is 0 Å². The summed E-state index contributed by atoms with van der Waals surface area (Å²) in [5, 5.41) is 5.46. The van der Waals surface area contributed by atoms with Crippen molar-refractivity contribution in [3.05, 3.63) is 88.0 Å². The van der Waals surface area contributed by atoms with E-state index in [0.717, 1.165) is 11.0 Å². The number of benzene rings is 3. The molecule has 1 amide bonds. The van der Waals surface area contributed by atoms with Crippen LogP contribution < -0.4 is 20.4 Å². The third-order valence-corrected chi connectivity index (χ3v) is 6.15. The fourth-order valence-corrected chi connectivity index (χ4v) is 4.36. The molecular weight excluding hydrogens is 542 g/mol. The van der Waals surface area contributed by atoms with Gasteiger partial charge in [-0.05, 0) is 48.6 Å². The molecule has 3 aromatic carbocycles. The summed E-state index contributed by atoms with van der Waals surface area (Å²) in [5.41, 5.74) is 0.135. The molecule has 1 saturated heterocycles. The molecule has 4 rings (SSSR count). The van der Waals surface area contributed by atoms with E-state index < -0.39 is 46.5 Å². The Labute approximate surface area is 217 Å². The summed E-state index contributed by atoms with van der Waals surface area (Å²) in [4.78, 5) is 15.1. The van der Waals surface area contributed by atoms with Crippen LogP contribution in [0.4, 0.5) is 43.4 Å². The van der Waals surface area contributed by atoms with Crippen LogP contribution in [0.15, 0.2) is 42.5 Å². The number of piperazine rings is 1. The first-order valence-electron chi connectivity index (χ1n) is 10.8. The van der Waals surface area contributed by atoms with Crippen LogP contribution in [0.2, 0.25) is 5.02 Å². The lowest BCUT2D eigenvalue weighted by molar-refractivity contribution is 0.0977. The molecule has 0 unspecified atom stereocenters. The van der Waals surface area contributed by atoms with E-state index in [1.807, 2.05) is 0 Å². The number of rotatable bonds is 4. The Bertz CT molecular complexity index is 1350. The second-order valence-corrected chi connectivity index (χ2v) is 8.79. The van der Waals surface area contributed by atoms with Crippen LogP contribution >= 0.6 is 23.8 Å². The highest BCUT2D eigenvalue weighted by Crippen LogP contribution is 2.33. The van der Waals surface area contributed by atoms with Crippen molar-refractivity contribution in [2.45, 2.75) is 0 Å². The summed E-state index contributed by atoms with van der Waals surface area (Å²) in [5.74, 6) is -11.1. The van der Waals surface area contributed by atoms with E-state index in [4.69, 9.17) is 23.8 Å². The Morgan fingerprint density at radius 1 is 0.811 bits per heavy atom. The molecule has 5 nitrogen and oxygen atoms in total. The Morgan fingerprint density at radius 2 is 1.41 bits per heavy atom. The van der Waals surface area contributed by atoms with E-state index in [-0.39, 0.29) is 41.9 Å². The maximum atomic E-state index is 14.2. The third kappa shape index (κ3) is 5.59. The van der Waals surface area contributed by atoms with Crippen LogP contribution in [0.3, 0.4) is 0 Å². The van der Waals surface area contributed by atoms with Crippen molar-refractivity contribution in [1.29, 1.82) is 0 Å². The Balaban J connectivity index is 1.39. The summed E-state index contributed by atoms with van der Waals surface area (Å²) in [6.07, 6.45) is 0. The molecule has 1 heterocycles. The zero-order valence-electron chi connectivity index (χ0n) is 18.7. The van der Waals surface area contributed by atoms with Crippen LogP contribution in [0.25, 0.3) is 0 Å². The van der Waals surface area contributed by atoms with Gasteiger partial charge in [0.2, 0.25) is 5.82 Å². The van der Waals surface area contributed by atoms with Crippen molar-refractivity contribution in [2.75, 3.05) is 41.3 Å². The van der Waals surface area contributed by atoms with Gasteiger partial charge >= 0.3 is 0 Å². The smallest absolute Gasteiger partial charge is 0.257 e. The fourth-order valence-electron chi connectivity index (χ4n) is 3.85. The summed E-state index contributed by atoms with van der Waals surface area (Å²) < 4.78 is 82.1. The van der Waals surface area contributed by atoms with Crippen molar-refractivity contribution in [3.63, 3.8) is 0 Å². The Hall–Kier alpha value is -3.51. The standard InChI is InChI=1S/C24H17ClF6N4OS/c25-15-11-14(32-24(37)33-23(36)12-2-1-3-13(26)10-12)4-5-16(15)34-6-8-35(9-7-34)22-20(30)18(28)17(27)19(29)21(22)31/h1-5,10-11H,6-9H2,(H2,32,33,36,37). The minimum absolute atomic E-state index is 0.0229. The molecule has 0 aliphatic carbocycles. The Kier molecular flexibility index (Phi) is 7.79. The summed E-state index contributed by atoms with van der Waals surface area (Å²) >= 11 is 11.5. The van der Waals surface area contributed by atoms with Gasteiger partial charge in [-0.3, -0.25) is 10.1 Å². The average Bonchev–Trinajstić information content (AvgIpc) is 2.87. The third-order valence-electron chi connectivity index (χ3n) is 5.64. The van der Waals surface area contributed by atoms with Crippen LogP contribution in [-0.4, -0.2) is 37.2 Å². The number of hydrogen-bond donors (Lipinski definition) is 2. The maximum Gasteiger partial charge on any atom is 0.257 e. The zero-order valence-corrected chi connectivity index (χ0v) is 20.3. The summed E-state index contributed by atoms with van der Waals surface area (Å²) in [6.45, 7) is 0.331. The molecule has 1 fully saturated rings. The van der Waals surface area contributed by atoms with Crippen molar-refractivity contribution >= 4 is 51.9 Å². The lowest BCUT2D eigenvalue weighted by Crippen LogP contribution is -2.47. The number of anilines is 3. The molecule has 1 aliphatic heterocycles. The molecule has 0 spiro atoms. The van der Waals surface area contributed by atoms with E-state index in [1.54, 1.807) is 17.0 Å². The first-order valence-corrected chi connectivity index (χ1v) is 11.5. The minimum Gasteiger partial charge on any atom is -0.367 e. The number of nitrogens with one attached hydrogen (secondary N) is 2. The van der Waals surface area contributed by atoms with Crippen molar-refractivity contribution in [1.82, 2.24) is 5.32 Å². The zero-order chi connectivity index (χ0) is 26.9. The van der Waals surface area contributed by atoms with Crippen LogP contribution in [0.1, 0.15) is 10.4 Å². The van der Waals surface area contributed by atoms with Gasteiger partial charge in [0, 0.05) is 37.4 Å². The largest absolute Gasteiger partial charge is 0.367 e. The number of halogens is 7. The van der Waals surface area contributed by atoms with Crippen molar-refractivity contribution < 1.29 is 31.1 Å². The summed E-state index contributed by atoms with van der Waals surface area (Å²) in [7, 11) is 0. The lowest BCUT2D eigenvalue weighted by Gasteiger charge is -2.38. The van der Waals surface area contributed by atoms with Gasteiger partial charge < -0.3 is 15.1 Å². The maximum absolute atomic E-state index is 14.2. The highest BCUT2D eigenvalue weighted by molar-refractivity contribution is 7.80. The quantitative estimate of drug-likeness (QED) is 0.188. The molecule has 0 saturated carbocycles. The van der Waals surface area contributed by atoms with Gasteiger partial charge in [-0.25, -0.2) is 26.3 Å². The number of carbonyl (C=O) groups is 1. The van der Waals surface area contributed by atoms with Gasteiger partial charge in [-0.2, -0.15) is 0 Å². The monoisotopic (exact) mass is 558 g/mol. The molecule has 2 N–H and O–H groups in total. The van der Waals surface area contributed by atoms with E-state index in [0.29, 0.717) is 11.4 Å². The van der Waals surface area contributed by atoms with E-state index in [2.05, 4.69) is 10.6 Å². The predicted molar refractivity (Wildman–Crippen MR) is 132 cm³/mol. The van der Waals surface area contributed by atoms with Gasteiger partial charge in [0.25, 0.3) is 5.91 Å². The van der Waals surface area contributed by atoms with Gasteiger partial charge in [0.05, 0.1) is 10.7 Å². The van der Waals surface area contributed by atoms with Crippen LogP contribution in [0, 0.1) is 34.9 Å². The SMILES string of the molecule is O=C(NC(=S)Nc1ccc(N2CCN(c3c(F)c(F)c(F)c(F)c3F)CC2)c(Cl)c1)c1cccc(F)c1. The molecular formula is C24H17ClF6N4OS. The minimum atomic E-state index is -2.20. The Morgan fingerprint density at radius 3 is 2.00 bits per heavy atom. The molecule has 0 bridgehead atoms. The first-order chi connectivity index (χ1) is 17.6. The molecule has 194 valence electrons. The number of carbonyl (C=O) groups excluding carboxylic acids is 1. The predicted octanol–water partition coefficient (Wildman–Crippen LogP) is 5.63. The van der Waals surface area contributed by atoms with Crippen LogP contribution in [-0.2, 0) is 0 Å².